The van der Waals surface area contributed by atoms with Crippen molar-refractivity contribution in [1.29, 1.82) is 0 Å². The average Bonchev–Trinajstić information content (AvgIpc) is 2.90. The third-order valence-electron chi connectivity index (χ3n) is 5.16. The van der Waals surface area contributed by atoms with Gasteiger partial charge in [-0.1, -0.05) is 19.3 Å². The highest BCUT2D eigenvalue weighted by atomic mass is 15.3. The second-order valence-electron chi connectivity index (χ2n) is 6.26. The predicted octanol–water partition coefficient (Wildman–Crippen LogP) is 2.88. The largest absolute Gasteiger partial charge is 0.299 e. The molecule has 17 heavy (non-hydrogen) atoms. The molecule has 0 bridgehead atoms. The highest BCUT2D eigenvalue weighted by Crippen LogP contribution is 2.31. The van der Waals surface area contributed by atoms with Crippen LogP contribution in [0, 0.1) is 0 Å². The molecule has 0 aromatic carbocycles. The van der Waals surface area contributed by atoms with E-state index in [1.165, 1.54) is 84.0 Å². The number of piperidine rings is 2. The van der Waals surface area contributed by atoms with Crippen molar-refractivity contribution in [2.24, 2.45) is 0 Å². The third kappa shape index (κ3) is 2.68. The van der Waals surface area contributed by atoms with Gasteiger partial charge in [-0.2, -0.15) is 0 Å². The zero-order chi connectivity index (χ0) is 11.5. The fourth-order valence-electron chi connectivity index (χ4n) is 4.27. The first-order chi connectivity index (χ1) is 8.45. The normalized spacial score (nSPS) is 37.4. The van der Waals surface area contributed by atoms with Crippen molar-refractivity contribution >= 4 is 0 Å². The maximum atomic E-state index is 2.83. The molecule has 1 aliphatic carbocycles. The van der Waals surface area contributed by atoms with Gasteiger partial charge < -0.3 is 0 Å². The first-order valence-corrected chi connectivity index (χ1v) is 7.93. The van der Waals surface area contributed by atoms with Gasteiger partial charge in [0.2, 0.25) is 0 Å². The number of hydrogen-bond acceptors (Lipinski definition) is 2. The predicted molar refractivity (Wildman–Crippen MR) is 72.3 cm³/mol. The van der Waals surface area contributed by atoms with E-state index in [0.29, 0.717) is 0 Å². The molecule has 3 fully saturated rings. The van der Waals surface area contributed by atoms with Gasteiger partial charge in [-0.15, -0.1) is 0 Å². The lowest BCUT2D eigenvalue weighted by Crippen LogP contribution is -2.51. The van der Waals surface area contributed by atoms with Crippen molar-refractivity contribution in [3.8, 4) is 0 Å². The summed E-state index contributed by atoms with van der Waals surface area (Å²) in [5.41, 5.74) is 0. The van der Waals surface area contributed by atoms with E-state index in [4.69, 9.17) is 0 Å². The first kappa shape index (κ1) is 12.0. The van der Waals surface area contributed by atoms with Crippen molar-refractivity contribution in [3.63, 3.8) is 0 Å². The molecule has 2 heteroatoms. The molecule has 2 heterocycles. The van der Waals surface area contributed by atoms with Crippen LogP contribution in [-0.4, -0.2) is 48.1 Å². The van der Waals surface area contributed by atoms with Gasteiger partial charge in [0.1, 0.15) is 0 Å². The highest BCUT2D eigenvalue weighted by molar-refractivity contribution is 4.93. The Morgan fingerprint density at radius 2 is 0.882 bits per heavy atom. The van der Waals surface area contributed by atoms with Crippen LogP contribution in [0.3, 0.4) is 0 Å². The average molecular weight is 236 g/mol. The molecule has 1 saturated carbocycles. The summed E-state index contributed by atoms with van der Waals surface area (Å²) in [4.78, 5) is 5.66. The van der Waals surface area contributed by atoms with Crippen molar-refractivity contribution in [2.45, 2.75) is 69.9 Å². The van der Waals surface area contributed by atoms with Gasteiger partial charge in [0.25, 0.3) is 0 Å². The quantitative estimate of drug-likeness (QED) is 0.727. The number of likely N-dealkylation sites (tertiary alicyclic amines) is 2. The van der Waals surface area contributed by atoms with E-state index < -0.39 is 0 Å². The molecule has 3 aliphatic rings. The molecule has 0 aromatic rings. The van der Waals surface area contributed by atoms with Crippen LogP contribution in [0.2, 0.25) is 0 Å². The number of hydrogen-bond donors (Lipinski definition) is 0. The summed E-state index contributed by atoms with van der Waals surface area (Å²) in [6, 6.07) is 1.82. The van der Waals surface area contributed by atoms with Crippen molar-refractivity contribution in [2.75, 3.05) is 26.2 Å². The molecule has 2 nitrogen and oxygen atoms in total. The smallest absolute Gasteiger partial charge is 0.0251 e. The lowest BCUT2D eigenvalue weighted by molar-refractivity contribution is 0.0709. The van der Waals surface area contributed by atoms with Crippen LogP contribution in [0.1, 0.15) is 57.8 Å². The van der Waals surface area contributed by atoms with Crippen molar-refractivity contribution in [1.82, 2.24) is 9.80 Å². The summed E-state index contributed by atoms with van der Waals surface area (Å²) < 4.78 is 0. The van der Waals surface area contributed by atoms with Gasteiger partial charge >= 0.3 is 0 Å². The van der Waals surface area contributed by atoms with Crippen LogP contribution < -0.4 is 0 Å². The third-order valence-corrected chi connectivity index (χ3v) is 5.16. The second-order valence-corrected chi connectivity index (χ2v) is 6.26. The van der Waals surface area contributed by atoms with Crippen LogP contribution in [-0.2, 0) is 0 Å². The monoisotopic (exact) mass is 236 g/mol. The molecule has 0 aromatic heterocycles. The molecule has 2 unspecified atom stereocenters. The Morgan fingerprint density at radius 3 is 1.29 bits per heavy atom. The Balaban J connectivity index is 1.61. The maximum Gasteiger partial charge on any atom is 0.0251 e. The summed E-state index contributed by atoms with van der Waals surface area (Å²) in [6.45, 7) is 5.54. The molecule has 0 spiro atoms. The molecular formula is C15H28N2. The van der Waals surface area contributed by atoms with Gasteiger partial charge in [-0.05, 0) is 64.7 Å². The second kappa shape index (κ2) is 5.71. The van der Waals surface area contributed by atoms with Crippen LogP contribution in [0.4, 0.5) is 0 Å². The van der Waals surface area contributed by atoms with Crippen LogP contribution in [0.25, 0.3) is 0 Å². The minimum atomic E-state index is 0.911. The van der Waals surface area contributed by atoms with E-state index in [1.807, 2.05) is 0 Å². The van der Waals surface area contributed by atoms with Crippen LogP contribution in [0.15, 0.2) is 0 Å². The Morgan fingerprint density at radius 1 is 0.471 bits per heavy atom. The summed E-state index contributed by atoms with van der Waals surface area (Å²) in [7, 11) is 0. The maximum absolute atomic E-state index is 2.83. The molecule has 0 amide bonds. The fourth-order valence-corrected chi connectivity index (χ4v) is 4.27. The van der Waals surface area contributed by atoms with Gasteiger partial charge in [0.15, 0.2) is 0 Å². The van der Waals surface area contributed by atoms with E-state index in [2.05, 4.69) is 9.80 Å². The van der Waals surface area contributed by atoms with Crippen molar-refractivity contribution < 1.29 is 0 Å². The molecule has 2 atom stereocenters. The molecule has 0 radical (unpaired) electrons. The molecular weight excluding hydrogens is 208 g/mol. The fraction of sp³-hybridized carbons (Fsp3) is 1.00. The van der Waals surface area contributed by atoms with Crippen LogP contribution >= 0.6 is 0 Å². The SMILES string of the molecule is C1CCN(C2CCCC2N2CCCCC2)CC1. The molecule has 98 valence electrons. The van der Waals surface area contributed by atoms with Gasteiger partial charge in [0, 0.05) is 12.1 Å². The minimum absolute atomic E-state index is 0.911. The Bertz CT molecular complexity index is 205. The molecule has 0 N–H and O–H groups in total. The van der Waals surface area contributed by atoms with E-state index in [0.717, 1.165) is 12.1 Å². The number of rotatable bonds is 2. The van der Waals surface area contributed by atoms with Gasteiger partial charge in [-0.3, -0.25) is 9.80 Å². The van der Waals surface area contributed by atoms with E-state index in [-0.39, 0.29) is 0 Å². The molecule has 2 saturated heterocycles. The Hall–Kier alpha value is -0.0800. The zero-order valence-electron chi connectivity index (χ0n) is 11.2. The highest BCUT2D eigenvalue weighted by Gasteiger charge is 2.36. The van der Waals surface area contributed by atoms with Gasteiger partial charge in [-0.25, -0.2) is 0 Å². The number of nitrogens with zero attached hydrogens (tertiary/aromatic N) is 2. The summed E-state index contributed by atoms with van der Waals surface area (Å²) in [6.07, 6.45) is 13.2. The van der Waals surface area contributed by atoms with Gasteiger partial charge in [0.05, 0.1) is 0 Å². The summed E-state index contributed by atoms with van der Waals surface area (Å²) in [5.74, 6) is 0. The molecule has 3 rings (SSSR count). The Labute approximate surface area is 106 Å². The van der Waals surface area contributed by atoms with E-state index in [1.54, 1.807) is 0 Å². The topological polar surface area (TPSA) is 6.48 Å². The standard InChI is InChI=1S/C15H28N2/c1-3-10-16(11-4-1)14-8-7-9-15(14)17-12-5-2-6-13-17/h14-15H,1-13H2. The summed E-state index contributed by atoms with van der Waals surface area (Å²) >= 11 is 0. The molecule has 2 aliphatic heterocycles. The zero-order valence-corrected chi connectivity index (χ0v) is 11.2. The first-order valence-electron chi connectivity index (χ1n) is 7.93. The Kier molecular flexibility index (Phi) is 4.02. The summed E-state index contributed by atoms with van der Waals surface area (Å²) in [5, 5.41) is 0. The lowest BCUT2D eigenvalue weighted by Gasteiger charge is -2.41. The lowest BCUT2D eigenvalue weighted by atomic mass is 10.0. The minimum Gasteiger partial charge on any atom is -0.299 e. The van der Waals surface area contributed by atoms with Crippen molar-refractivity contribution in [3.05, 3.63) is 0 Å². The van der Waals surface area contributed by atoms with E-state index >= 15 is 0 Å². The van der Waals surface area contributed by atoms with E-state index in [9.17, 15) is 0 Å². The van der Waals surface area contributed by atoms with Crippen LogP contribution in [0.5, 0.6) is 0 Å².